The molecule has 0 aliphatic rings. The van der Waals surface area contributed by atoms with Crippen LogP contribution >= 0.6 is 11.8 Å². The third kappa shape index (κ3) is 6.10. The molecule has 0 saturated heterocycles. The van der Waals surface area contributed by atoms with Crippen molar-refractivity contribution < 1.29 is 0 Å². The summed E-state index contributed by atoms with van der Waals surface area (Å²) in [6, 6.07) is 8.92. The molecule has 17 heavy (non-hydrogen) atoms. The first-order valence-electron chi connectivity index (χ1n) is 6.22. The molecule has 2 nitrogen and oxygen atoms in total. The van der Waals surface area contributed by atoms with Crippen LogP contribution in [-0.2, 0) is 13.1 Å². The maximum atomic E-state index is 3.34. The van der Waals surface area contributed by atoms with Crippen molar-refractivity contribution in [1.29, 1.82) is 0 Å². The molecule has 0 unspecified atom stereocenters. The van der Waals surface area contributed by atoms with Crippen LogP contribution in [0.2, 0.25) is 0 Å². The molecular weight excluding hydrogens is 228 g/mol. The van der Waals surface area contributed by atoms with E-state index in [0.717, 1.165) is 26.2 Å². The molecule has 96 valence electrons. The highest BCUT2D eigenvalue weighted by Crippen LogP contribution is 2.07. The molecule has 0 spiro atoms. The SMILES string of the molecule is CCNCc1ccc(CN(C)CCSC)cc1. The molecule has 1 N–H and O–H groups in total. The lowest BCUT2D eigenvalue weighted by Gasteiger charge is -2.16. The summed E-state index contributed by atoms with van der Waals surface area (Å²) in [5, 5.41) is 3.34. The third-order valence-electron chi connectivity index (χ3n) is 2.73. The predicted molar refractivity (Wildman–Crippen MR) is 78.5 cm³/mol. The van der Waals surface area contributed by atoms with Crippen LogP contribution in [0.5, 0.6) is 0 Å². The Labute approximate surface area is 110 Å². The average Bonchev–Trinajstić information content (AvgIpc) is 2.35. The summed E-state index contributed by atoms with van der Waals surface area (Å²) in [4.78, 5) is 2.37. The molecule has 1 aromatic rings. The topological polar surface area (TPSA) is 15.3 Å². The number of nitrogens with zero attached hydrogens (tertiary/aromatic N) is 1. The Balaban J connectivity index is 2.39. The van der Waals surface area contributed by atoms with Crippen molar-refractivity contribution in [2.75, 3.05) is 32.1 Å². The number of hydrogen-bond acceptors (Lipinski definition) is 3. The molecule has 1 aromatic carbocycles. The van der Waals surface area contributed by atoms with Gasteiger partial charge in [0.05, 0.1) is 0 Å². The lowest BCUT2D eigenvalue weighted by atomic mass is 10.1. The highest BCUT2D eigenvalue weighted by Gasteiger charge is 2.00. The summed E-state index contributed by atoms with van der Waals surface area (Å²) in [6.07, 6.45) is 2.16. The van der Waals surface area contributed by atoms with Crippen LogP contribution in [0.4, 0.5) is 0 Å². The lowest BCUT2D eigenvalue weighted by Crippen LogP contribution is -2.20. The Morgan fingerprint density at radius 1 is 1.18 bits per heavy atom. The van der Waals surface area contributed by atoms with E-state index < -0.39 is 0 Å². The van der Waals surface area contributed by atoms with Crippen LogP contribution in [-0.4, -0.2) is 37.0 Å². The lowest BCUT2D eigenvalue weighted by molar-refractivity contribution is 0.349. The van der Waals surface area contributed by atoms with Gasteiger partial charge in [-0.3, -0.25) is 0 Å². The zero-order chi connectivity index (χ0) is 12.5. The Bertz CT molecular complexity index is 298. The van der Waals surface area contributed by atoms with Gasteiger partial charge in [0.1, 0.15) is 0 Å². The summed E-state index contributed by atoms with van der Waals surface area (Å²) in [7, 11) is 2.18. The van der Waals surface area contributed by atoms with Gasteiger partial charge >= 0.3 is 0 Å². The maximum Gasteiger partial charge on any atom is 0.0231 e. The summed E-state index contributed by atoms with van der Waals surface area (Å²) < 4.78 is 0. The zero-order valence-corrected chi connectivity index (χ0v) is 12.0. The van der Waals surface area contributed by atoms with E-state index >= 15 is 0 Å². The van der Waals surface area contributed by atoms with Crippen molar-refractivity contribution in [2.24, 2.45) is 0 Å². The van der Waals surface area contributed by atoms with Crippen molar-refractivity contribution in [3.63, 3.8) is 0 Å². The molecule has 1 rings (SSSR count). The number of rotatable bonds is 8. The van der Waals surface area contributed by atoms with Crippen molar-refractivity contribution >= 4 is 11.8 Å². The van der Waals surface area contributed by atoms with Gasteiger partial charge < -0.3 is 10.2 Å². The van der Waals surface area contributed by atoms with Crippen molar-refractivity contribution in [2.45, 2.75) is 20.0 Å². The van der Waals surface area contributed by atoms with Gasteiger partial charge in [-0.1, -0.05) is 31.2 Å². The van der Waals surface area contributed by atoms with Gasteiger partial charge in [0.25, 0.3) is 0 Å². The smallest absolute Gasteiger partial charge is 0.0231 e. The van der Waals surface area contributed by atoms with E-state index in [2.05, 4.69) is 54.7 Å². The van der Waals surface area contributed by atoms with Crippen LogP contribution in [0, 0.1) is 0 Å². The summed E-state index contributed by atoms with van der Waals surface area (Å²) in [6.45, 7) is 6.33. The predicted octanol–water partition coefficient (Wildman–Crippen LogP) is 2.59. The second-order valence-corrected chi connectivity index (χ2v) is 5.31. The van der Waals surface area contributed by atoms with Crippen molar-refractivity contribution in [3.05, 3.63) is 35.4 Å². The molecule has 0 aromatic heterocycles. The monoisotopic (exact) mass is 252 g/mol. The largest absolute Gasteiger partial charge is 0.313 e. The summed E-state index contributed by atoms with van der Waals surface area (Å²) >= 11 is 1.90. The minimum absolute atomic E-state index is 0.971. The van der Waals surface area contributed by atoms with Crippen LogP contribution in [0.25, 0.3) is 0 Å². The Morgan fingerprint density at radius 2 is 1.82 bits per heavy atom. The minimum Gasteiger partial charge on any atom is -0.313 e. The van der Waals surface area contributed by atoms with E-state index in [0.29, 0.717) is 0 Å². The van der Waals surface area contributed by atoms with Gasteiger partial charge in [0.15, 0.2) is 0 Å². The molecule has 0 aliphatic heterocycles. The van der Waals surface area contributed by atoms with Gasteiger partial charge in [0.2, 0.25) is 0 Å². The van der Waals surface area contributed by atoms with E-state index in [1.165, 1.54) is 16.9 Å². The first-order chi connectivity index (χ1) is 8.26. The zero-order valence-electron chi connectivity index (χ0n) is 11.2. The molecular formula is C14H24N2S. The van der Waals surface area contributed by atoms with E-state index in [-0.39, 0.29) is 0 Å². The molecule has 0 amide bonds. The Morgan fingerprint density at radius 3 is 2.41 bits per heavy atom. The fourth-order valence-electron chi connectivity index (χ4n) is 1.67. The van der Waals surface area contributed by atoms with Gasteiger partial charge in [-0.15, -0.1) is 0 Å². The molecule has 0 atom stereocenters. The van der Waals surface area contributed by atoms with E-state index in [1.54, 1.807) is 0 Å². The average molecular weight is 252 g/mol. The Hall–Kier alpha value is -0.510. The van der Waals surface area contributed by atoms with Crippen LogP contribution in [0.3, 0.4) is 0 Å². The summed E-state index contributed by atoms with van der Waals surface area (Å²) in [5.74, 6) is 1.20. The van der Waals surface area contributed by atoms with Crippen molar-refractivity contribution in [1.82, 2.24) is 10.2 Å². The highest BCUT2D eigenvalue weighted by molar-refractivity contribution is 7.98. The van der Waals surface area contributed by atoms with Gasteiger partial charge in [-0.2, -0.15) is 11.8 Å². The van der Waals surface area contributed by atoms with Crippen LogP contribution < -0.4 is 5.32 Å². The fraction of sp³-hybridized carbons (Fsp3) is 0.571. The molecule has 0 aliphatic carbocycles. The molecule has 3 heteroatoms. The molecule has 0 saturated carbocycles. The maximum absolute atomic E-state index is 3.34. The number of benzene rings is 1. The first-order valence-corrected chi connectivity index (χ1v) is 7.61. The fourth-order valence-corrected chi connectivity index (χ4v) is 2.16. The van der Waals surface area contributed by atoms with Crippen molar-refractivity contribution in [3.8, 4) is 0 Å². The number of hydrogen-bond donors (Lipinski definition) is 1. The molecule has 0 radical (unpaired) electrons. The van der Waals surface area contributed by atoms with Crippen LogP contribution in [0.1, 0.15) is 18.1 Å². The van der Waals surface area contributed by atoms with Gasteiger partial charge in [-0.25, -0.2) is 0 Å². The second kappa shape index (κ2) is 8.56. The molecule has 0 heterocycles. The standard InChI is InChI=1S/C14H24N2S/c1-4-15-11-13-5-7-14(8-6-13)12-16(2)9-10-17-3/h5-8,15H,4,9-12H2,1-3H3. The number of thioether (sulfide) groups is 1. The first kappa shape index (κ1) is 14.6. The highest BCUT2D eigenvalue weighted by atomic mass is 32.2. The normalized spacial score (nSPS) is 11.1. The van der Waals surface area contributed by atoms with Gasteiger partial charge in [0, 0.05) is 25.4 Å². The minimum atomic E-state index is 0.971. The van der Waals surface area contributed by atoms with E-state index in [9.17, 15) is 0 Å². The summed E-state index contributed by atoms with van der Waals surface area (Å²) in [5.41, 5.74) is 2.76. The van der Waals surface area contributed by atoms with Crippen LogP contribution in [0.15, 0.2) is 24.3 Å². The van der Waals surface area contributed by atoms with E-state index in [4.69, 9.17) is 0 Å². The quantitative estimate of drug-likeness (QED) is 0.765. The molecule has 0 fully saturated rings. The third-order valence-corrected chi connectivity index (χ3v) is 3.32. The molecule has 0 bridgehead atoms. The van der Waals surface area contributed by atoms with E-state index in [1.807, 2.05) is 11.8 Å². The number of nitrogens with one attached hydrogen (secondary N) is 1. The Kier molecular flexibility index (Phi) is 7.33. The second-order valence-electron chi connectivity index (χ2n) is 4.33. The van der Waals surface area contributed by atoms with Gasteiger partial charge in [-0.05, 0) is 31.0 Å².